The molecular weight excluding hydrogens is 208 g/mol. The summed E-state index contributed by atoms with van der Waals surface area (Å²) in [5.74, 6) is 0.238. The van der Waals surface area contributed by atoms with Gasteiger partial charge in [0.25, 0.3) is 0 Å². The largest absolute Gasteiger partial charge is 0.508 e. The molecule has 0 atom stereocenters. The number of rotatable bonds is 0. The maximum Gasteiger partial charge on any atom is 0.137 e. The molecule has 0 unspecified atom stereocenters. The Hall–Kier alpha value is -1.74. The molecule has 0 fully saturated rings. The second kappa shape index (κ2) is 4.66. The van der Waals surface area contributed by atoms with Crippen molar-refractivity contribution in [1.82, 2.24) is 0 Å². The quantitative estimate of drug-likeness (QED) is 0.621. The van der Waals surface area contributed by atoms with Crippen molar-refractivity contribution in [3.05, 3.63) is 53.4 Å². The van der Waals surface area contributed by atoms with Crippen molar-refractivity contribution in [2.45, 2.75) is 0 Å². The topological polar surface area (TPSA) is 33.4 Å². The Labute approximate surface area is 91.4 Å². The zero-order valence-corrected chi connectivity index (χ0v) is 8.78. The van der Waals surface area contributed by atoms with Gasteiger partial charge in [0.15, 0.2) is 0 Å². The number of phenolic OH excluding ortho intramolecular Hbond substituents is 1. The highest BCUT2D eigenvalue weighted by Gasteiger charge is 1.95. The highest BCUT2D eigenvalue weighted by atomic mass is 32.1. The van der Waals surface area contributed by atoms with Crippen LogP contribution in [-0.4, -0.2) is 5.11 Å². The number of furan rings is 1. The summed E-state index contributed by atoms with van der Waals surface area (Å²) in [4.78, 5) is 0. The maximum atomic E-state index is 8.99. The molecule has 3 aromatic rings. The number of phenols is 1. The molecule has 0 aliphatic rings. The number of benzene rings is 1. The predicted molar refractivity (Wildman–Crippen MR) is 62.2 cm³/mol. The van der Waals surface area contributed by atoms with Crippen LogP contribution in [0, 0.1) is 0 Å². The SMILES string of the molecule is Oc1ccc2ccoc2c1.c1ccsc1. The Balaban J connectivity index is 0.000000144. The standard InChI is InChI=1S/C8H6O2.C4H4S/c9-7-2-1-6-3-4-10-8(6)5-7;1-2-4-5-3-1/h1-5,9H;1-4H. The minimum absolute atomic E-state index is 0.238. The minimum Gasteiger partial charge on any atom is -0.508 e. The Morgan fingerprint density at radius 3 is 2.53 bits per heavy atom. The van der Waals surface area contributed by atoms with E-state index < -0.39 is 0 Å². The molecule has 2 aromatic heterocycles. The van der Waals surface area contributed by atoms with Gasteiger partial charge in [0.05, 0.1) is 6.26 Å². The normalized spacial score (nSPS) is 9.60. The summed E-state index contributed by atoms with van der Waals surface area (Å²) >= 11 is 1.71. The molecule has 1 aromatic carbocycles. The molecule has 2 nitrogen and oxygen atoms in total. The third-order valence-electron chi connectivity index (χ3n) is 1.87. The fraction of sp³-hybridized carbons (Fsp3) is 0. The summed E-state index contributed by atoms with van der Waals surface area (Å²) in [6.45, 7) is 0. The van der Waals surface area contributed by atoms with Gasteiger partial charge in [0, 0.05) is 11.5 Å². The molecule has 0 bridgehead atoms. The molecule has 0 radical (unpaired) electrons. The van der Waals surface area contributed by atoms with Crippen molar-refractivity contribution in [2.24, 2.45) is 0 Å². The Morgan fingerprint density at radius 1 is 1.07 bits per heavy atom. The van der Waals surface area contributed by atoms with Crippen LogP contribution in [0.4, 0.5) is 0 Å². The third-order valence-corrected chi connectivity index (χ3v) is 2.49. The molecule has 76 valence electrons. The molecule has 0 saturated carbocycles. The number of hydrogen-bond acceptors (Lipinski definition) is 3. The van der Waals surface area contributed by atoms with Crippen LogP contribution < -0.4 is 0 Å². The lowest BCUT2D eigenvalue weighted by Crippen LogP contribution is -1.62. The van der Waals surface area contributed by atoms with E-state index in [0.29, 0.717) is 0 Å². The third kappa shape index (κ3) is 2.60. The molecular formula is C12H10O2S. The predicted octanol–water partition coefficient (Wildman–Crippen LogP) is 3.89. The lowest BCUT2D eigenvalue weighted by molar-refractivity contribution is 0.474. The van der Waals surface area contributed by atoms with Crippen LogP contribution in [0.3, 0.4) is 0 Å². The molecule has 2 heterocycles. The monoisotopic (exact) mass is 218 g/mol. The van der Waals surface area contributed by atoms with Gasteiger partial charge < -0.3 is 9.52 Å². The van der Waals surface area contributed by atoms with Crippen LogP contribution in [-0.2, 0) is 0 Å². The summed E-state index contributed by atoms with van der Waals surface area (Å²) in [6.07, 6.45) is 1.60. The summed E-state index contributed by atoms with van der Waals surface area (Å²) in [6, 6.07) is 10.9. The Bertz CT molecular complexity index is 494. The van der Waals surface area contributed by atoms with Gasteiger partial charge in [0.1, 0.15) is 11.3 Å². The van der Waals surface area contributed by atoms with Gasteiger partial charge in [-0.1, -0.05) is 12.1 Å². The van der Waals surface area contributed by atoms with Crippen LogP contribution >= 0.6 is 11.3 Å². The average Bonchev–Trinajstić information content (AvgIpc) is 2.91. The zero-order chi connectivity index (χ0) is 10.5. The van der Waals surface area contributed by atoms with Crippen molar-refractivity contribution < 1.29 is 9.52 Å². The number of fused-ring (bicyclic) bond motifs is 1. The molecule has 0 aliphatic carbocycles. The molecule has 0 aliphatic heterocycles. The summed E-state index contributed by atoms with van der Waals surface area (Å²) in [5, 5.41) is 14.1. The zero-order valence-electron chi connectivity index (χ0n) is 7.96. The van der Waals surface area contributed by atoms with Crippen molar-refractivity contribution in [1.29, 1.82) is 0 Å². The number of hydrogen-bond donors (Lipinski definition) is 1. The molecule has 0 spiro atoms. The number of aromatic hydroxyl groups is 1. The average molecular weight is 218 g/mol. The molecule has 3 heteroatoms. The van der Waals surface area contributed by atoms with Crippen LogP contribution in [0.1, 0.15) is 0 Å². The van der Waals surface area contributed by atoms with Crippen molar-refractivity contribution in [2.75, 3.05) is 0 Å². The van der Waals surface area contributed by atoms with Crippen LogP contribution in [0.25, 0.3) is 11.0 Å². The van der Waals surface area contributed by atoms with Crippen LogP contribution in [0.15, 0.2) is 57.8 Å². The molecule has 15 heavy (non-hydrogen) atoms. The Morgan fingerprint density at radius 2 is 1.87 bits per heavy atom. The van der Waals surface area contributed by atoms with Gasteiger partial charge in [-0.3, -0.25) is 0 Å². The second-order valence-corrected chi connectivity index (χ2v) is 3.75. The fourth-order valence-electron chi connectivity index (χ4n) is 1.17. The van der Waals surface area contributed by atoms with Gasteiger partial charge in [-0.05, 0) is 29.0 Å². The second-order valence-electron chi connectivity index (χ2n) is 2.94. The molecule has 1 N–H and O–H groups in total. The van der Waals surface area contributed by atoms with Crippen LogP contribution in [0.5, 0.6) is 5.75 Å². The van der Waals surface area contributed by atoms with Crippen molar-refractivity contribution in [3.8, 4) is 5.75 Å². The maximum absolute atomic E-state index is 8.99. The first-order chi connectivity index (χ1) is 7.36. The van der Waals surface area contributed by atoms with E-state index in [1.807, 2.05) is 35.0 Å². The van der Waals surface area contributed by atoms with E-state index >= 15 is 0 Å². The van der Waals surface area contributed by atoms with Gasteiger partial charge in [-0.2, -0.15) is 11.3 Å². The van der Waals surface area contributed by atoms with Gasteiger partial charge in [-0.15, -0.1) is 0 Å². The molecule has 0 amide bonds. The molecule has 0 saturated heterocycles. The lowest BCUT2D eigenvalue weighted by Gasteiger charge is -1.88. The van der Waals surface area contributed by atoms with E-state index in [9.17, 15) is 0 Å². The van der Waals surface area contributed by atoms with E-state index in [1.54, 1.807) is 29.7 Å². The minimum atomic E-state index is 0.238. The fourth-order valence-corrected chi connectivity index (χ4v) is 1.62. The van der Waals surface area contributed by atoms with E-state index in [2.05, 4.69) is 0 Å². The van der Waals surface area contributed by atoms with Crippen molar-refractivity contribution >= 4 is 22.3 Å². The first kappa shape index (κ1) is 9.80. The summed E-state index contributed by atoms with van der Waals surface area (Å²) < 4.78 is 5.04. The van der Waals surface area contributed by atoms with Crippen LogP contribution in [0.2, 0.25) is 0 Å². The first-order valence-corrected chi connectivity index (χ1v) is 5.44. The van der Waals surface area contributed by atoms with Gasteiger partial charge in [0.2, 0.25) is 0 Å². The highest BCUT2D eigenvalue weighted by molar-refractivity contribution is 7.07. The molecule has 3 rings (SSSR count). The summed E-state index contributed by atoms with van der Waals surface area (Å²) in [7, 11) is 0. The first-order valence-electron chi connectivity index (χ1n) is 4.49. The van der Waals surface area contributed by atoms with E-state index in [4.69, 9.17) is 9.52 Å². The van der Waals surface area contributed by atoms with E-state index in [0.717, 1.165) is 11.0 Å². The van der Waals surface area contributed by atoms with E-state index in [1.165, 1.54) is 0 Å². The lowest BCUT2D eigenvalue weighted by atomic mass is 10.2. The van der Waals surface area contributed by atoms with Crippen molar-refractivity contribution in [3.63, 3.8) is 0 Å². The summed E-state index contributed by atoms with van der Waals surface area (Å²) in [5.41, 5.74) is 0.722. The smallest absolute Gasteiger partial charge is 0.137 e. The Kier molecular flexibility index (Phi) is 3.05. The highest BCUT2D eigenvalue weighted by Crippen LogP contribution is 2.19. The van der Waals surface area contributed by atoms with Gasteiger partial charge in [-0.25, -0.2) is 0 Å². The van der Waals surface area contributed by atoms with E-state index in [-0.39, 0.29) is 5.75 Å². The number of thiophene rings is 1. The van der Waals surface area contributed by atoms with Gasteiger partial charge >= 0.3 is 0 Å².